The molecule has 1 saturated carbocycles. The Labute approximate surface area is 198 Å². The third-order valence-corrected chi connectivity index (χ3v) is 5.85. The lowest BCUT2D eigenvalue weighted by Gasteiger charge is -2.24. The number of ether oxygens (including phenoxy) is 1. The van der Waals surface area contributed by atoms with Crippen molar-refractivity contribution in [2.45, 2.75) is 25.7 Å². The average molecular weight is 462 g/mol. The van der Waals surface area contributed by atoms with Gasteiger partial charge < -0.3 is 15.4 Å². The van der Waals surface area contributed by atoms with Crippen LogP contribution in [0.5, 0.6) is 11.5 Å². The van der Waals surface area contributed by atoms with E-state index >= 15 is 0 Å². The Hall–Kier alpha value is -3.87. The SMILES string of the molecule is O=C(NCCN(C(=O)Nc1ccccc1F)c1ccc(Oc2ccccc2)cc1)C1CCCC1. The maximum absolute atomic E-state index is 14.1. The zero-order valence-corrected chi connectivity index (χ0v) is 18.9. The number of rotatable bonds is 8. The van der Waals surface area contributed by atoms with Crippen LogP contribution in [0.1, 0.15) is 25.7 Å². The number of nitrogens with zero attached hydrogens (tertiary/aromatic N) is 1. The molecule has 7 heteroatoms. The number of hydrogen-bond acceptors (Lipinski definition) is 3. The lowest BCUT2D eigenvalue weighted by atomic mass is 10.1. The summed E-state index contributed by atoms with van der Waals surface area (Å²) in [7, 11) is 0. The Morgan fingerprint density at radius 1 is 0.882 bits per heavy atom. The third kappa shape index (κ3) is 6.13. The first-order valence-corrected chi connectivity index (χ1v) is 11.5. The second kappa shape index (κ2) is 11.3. The van der Waals surface area contributed by atoms with Gasteiger partial charge in [-0.2, -0.15) is 0 Å². The molecule has 6 nitrogen and oxygen atoms in total. The minimum absolute atomic E-state index is 0.0265. The number of amides is 3. The first kappa shape index (κ1) is 23.3. The molecule has 0 aromatic heterocycles. The highest BCUT2D eigenvalue weighted by Gasteiger charge is 2.23. The molecule has 0 unspecified atom stereocenters. The van der Waals surface area contributed by atoms with E-state index in [1.165, 1.54) is 17.0 Å². The maximum Gasteiger partial charge on any atom is 0.326 e. The molecule has 34 heavy (non-hydrogen) atoms. The summed E-state index contributed by atoms with van der Waals surface area (Å²) in [6.07, 6.45) is 3.97. The summed E-state index contributed by atoms with van der Waals surface area (Å²) in [5, 5.41) is 5.56. The molecule has 0 aliphatic heterocycles. The normalized spacial score (nSPS) is 13.3. The van der Waals surface area contributed by atoms with Gasteiger partial charge in [0.25, 0.3) is 0 Å². The minimum Gasteiger partial charge on any atom is -0.457 e. The van der Waals surface area contributed by atoms with Gasteiger partial charge in [-0.25, -0.2) is 9.18 Å². The van der Waals surface area contributed by atoms with Crippen molar-refractivity contribution in [2.75, 3.05) is 23.3 Å². The molecule has 0 bridgehead atoms. The number of urea groups is 1. The molecule has 3 aromatic rings. The van der Waals surface area contributed by atoms with E-state index in [0.717, 1.165) is 25.7 Å². The molecule has 3 aromatic carbocycles. The van der Waals surface area contributed by atoms with E-state index in [2.05, 4.69) is 10.6 Å². The van der Waals surface area contributed by atoms with E-state index in [-0.39, 0.29) is 24.1 Å². The van der Waals surface area contributed by atoms with E-state index < -0.39 is 11.8 Å². The summed E-state index contributed by atoms with van der Waals surface area (Å²) in [6.45, 7) is 0.528. The van der Waals surface area contributed by atoms with Crippen LogP contribution < -0.4 is 20.3 Å². The van der Waals surface area contributed by atoms with Crippen molar-refractivity contribution < 1.29 is 18.7 Å². The lowest BCUT2D eigenvalue weighted by molar-refractivity contribution is -0.124. The number of carbonyl (C=O) groups excluding carboxylic acids is 2. The van der Waals surface area contributed by atoms with Crippen LogP contribution in [0.25, 0.3) is 0 Å². The molecule has 176 valence electrons. The predicted octanol–water partition coefficient (Wildman–Crippen LogP) is 5.96. The Bertz CT molecular complexity index is 1100. The lowest BCUT2D eigenvalue weighted by Crippen LogP contribution is -2.42. The molecule has 0 saturated heterocycles. The molecule has 1 aliphatic carbocycles. The number of nitrogens with one attached hydrogen (secondary N) is 2. The number of anilines is 2. The molecule has 0 atom stereocenters. The second-order valence-corrected chi connectivity index (χ2v) is 8.24. The van der Waals surface area contributed by atoms with Crippen molar-refractivity contribution in [3.8, 4) is 11.5 Å². The fourth-order valence-corrected chi connectivity index (χ4v) is 4.04. The molecular formula is C27H28FN3O3. The quantitative estimate of drug-likeness (QED) is 0.435. The molecule has 0 spiro atoms. The van der Waals surface area contributed by atoms with Gasteiger partial charge in [0.15, 0.2) is 0 Å². The molecule has 1 fully saturated rings. The molecule has 4 rings (SSSR count). The number of benzene rings is 3. The Balaban J connectivity index is 1.46. The van der Waals surface area contributed by atoms with Gasteiger partial charge in [0.1, 0.15) is 17.3 Å². The zero-order chi connectivity index (χ0) is 23.8. The standard InChI is InChI=1S/C27H28FN3O3/c28-24-12-6-7-13-25(24)30-27(33)31(19-18-29-26(32)20-8-4-5-9-20)21-14-16-23(17-15-21)34-22-10-2-1-3-11-22/h1-3,6-7,10-17,20H,4-5,8-9,18-19H2,(H,29,32)(H,30,33). The molecule has 0 heterocycles. The number of hydrogen-bond donors (Lipinski definition) is 2. The van der Waals surface area contributed by atoms with E-state index in [1.807, 2.05) is 30.3 Å². The summed E-state index contributed by atoms with van der Waals surface area (Å²) in [5.74, 6) is 0.892. The van der Waals surface area contributed by atoms with E-state index in [1.54, 1.807) is 36.4 Å². The highest BCUT2D eigenvalue weighted by molar-refractivity contribution is 6.01. The Kier molecular flexibility index (Phi) is 7.75. The second-order valence-electron chi connectivity index (χ2n) is 8.24. The summed E-state index contributed by atoms with van der Waals surface area (Å²) in [4.78, 5) is 26.9. The molecular weight excluding hydrogens is 433 g/mol. The van der Waals surface area contributed by atoms with Crippen LogP contribution in [0, 0.1) is 11.7 Å². The fourth-order valence-electron chi connectivity index (χ4n) is 4.04. The minimum atomic E-state index is -0.517. The Morgan fingerprint density at radius 2 is 1.53 bits per heavy atom. The molecule has 1 aliphatic rings. The summed E-state index contributed by atoms with van der Waals surface area (Å²) < 4.78 is 19.9. The van der Waals surface area contributed by atoms with Gasteiger partial charge in [-0.05, 0) is 61.4 Å². The summed E-state index contributed by atoms with van der Waals surface area (Å²) in [6, 6.07) is 22.0. The van der Waals surface area contributed by atoms with E-state index in [4.69, 9.17) is 4.74 Å². The molecule has 3 amide bonds. The van der Waals surface area contributed by atoms with Gasteiger partial charge in [0, 0.05) is 24.7 Å². The van der Waals surface area contributed by atoms with Gasteiger partial charge in [-0.15, -0.1) is 0 Å². The monoisotopic (exact) mass is 461 g/mol. The highest BCUT2D eigenvalue weighted by atomic mass is 19.1. The topological polar surface area (TPSA) is 70.7 Å². The van der Waals surface area contributed by atoms with Crippen molar-refractivity contribution in [1.82, 2.24) is 5.32 Å². The smallest absolute Gasteiger partial charge is 0.326 e. The van der Waals surface area contributed by atoms with Crippen LogP contribution >= 0.6 is 0 Å². The van der Waals surface area contributed by atoms with Crippen LogP contribution in [0.4, 0.5) is 20.6 Å². The van der Waals surface area contributed by atoms with Crippen molar-refractivity contribution >= 4 is 23.3 Å². The van der Waals surface area contributed by atoms with Crippen LogP contribution in [-0.4, -0.2) is 25.0 Å². The van der Waals surface area contributed by atoms with Gasteiger partial charge in [0.05, 0.1) is 5.69 Å². The van der Waals surface area contributed by atoms with Crippen molar-refractivity contribution in [1.29, 1.82) is 0 Å². The van der Waals surface area contributed by atoms with Gasteiger partial charge >= 0.3 is 6.03 Å². The predicted molar refractivity (Wildman–Crippen MR) is 131 cm³/mol. The van der Waals surface area contributed by atoms with Crippen LogP contribution in [0.3, 0.4) is 0 Å². The van der Waals surface area contributed by atoms with Crippen LogP contribution in [-0.2, 0) is 4.79 Å². The zero-order valence-electron chi connectivity index (χ0n) is 18.9. The summed E-state index contributed by atoms with van der Waals surface area (Å²) >= 11 is 0. The number of halogens is 1. The third-order valence-electron chi connectivity index (χ3n) is 5.85. The first-order chi connectivity index (χ1) is 16.6. The van der Waals surface area contributed by atoms with Crippen molar-refractivity contribution in [2.24, 2.45) is 5.92 Å². The van der Waals surface area contributed by atoms with Gasteiger partial charge in [0.2, 0.25) is 5.91 Å². The number of para-hydroxylation sites is 2. The fraction of sp³-hybridized carbons (Fsp3) is 0.259. The van der Waals surface area contributed by atoms with E-state index in [9.17, 15) is 14.0 Å². The molecule has 0 radical (unpaired) electrons. The van der Waals surface area contributed by atoms with E-state index in [0.29, 0.717) is 23.7 Å². The molecule has 2 N–H and O–H groups in total. The van der Waals surface area contributed by atoms with Crippen molar-refractivity contribution in [3.05, 3.63) is 84.7 Å². The van der Waals surface area contributed by atoms with Crippen LogP contribution in [0.2, 0.25) is 0 Å². The largest absolute Gasteiger partial charge is 0.457 e. The summed E-state index contributed by atoms with van der Waals surface area (Å²) in [5.41, 5.74) is 0.695. The average Bonchev–Trinajstić information content (AvgIpc) is 3.40. The number of carbonyl (C=O) groups is 2. The van der Waals surface area contributed by atoms with Crippen LogP contribution in [0.15, 0.2) is 78.9 Å². The van der Waals surface area contributed by atoms with Gasteiger partial charge in [-0.3, -0.25) is 9.69 Å². The Morgan fingerprint density at radius 3 is 2.24 bits per heavy atom. The van der Waals surface area contributed by atoms with Crippen molar-refractivity contribution in [3.63, 3.8) is 0 Å². The highest BCUT2D eigenvalue weighted by Crippen LogP contribution is 2.26. The maximum atomic E-state index is 14.1. The first-order valence-electron chi connectivity index (χ1n) is 11.5. The van der Waals surface area contributed by atoms with Gasteiger partial charge in [-0.1, -0.05) is 43.2 Å².